The summed E-state index contributed by atoms with van der Waals surface area (Å²) >= 11 is 0. The van der Waals surface area contributed by atoms with Crippen LogP contribution in [0.2, 0.25) is 0 Å². The lowest BCUT2D eigenvalue weighted by Crippen LogP contribution is -2.22. The van der Waals surface area contributed by atoms with Gasteiger partial charge in [0.25, 0.3) is 11.8 Å². The molecule has 0 unspecified atom stereocenters. The molecule has 39 heavy (non-hydrogen) atoms. The van der Waals surface area contributed by atoms with Crippen LogP contribution in [0.1, 0.15) is 27.8 Å². The van der Waals surface area contributed by atoms with E-state index in [1.807, 2.05) is 0 Å². The Morgan fingerprint density at radius 2 is 1.72 bits per heavy atom. The topological polar surface area (TPSA) is 150 Å². The lowest BCUT2D eigenvalue weighted by atomic mass is 10.2. The highest BCUT2D eigenvalue weighted by Crippen LogP contribution is 2.31. The predicted molar refractivity (Wildman–Crippen MR) is 140 cm³/mol. The minimum atomic E-state index is -0.579. The largest absolute Gasteiger partial charge is 0.484 e. The summed E-state index contributed by atoms with van der Waals surface area (Å²) in [5.74, 6) is -1.14. The van der Waals surface area contributed by atoms with Crippen molar-refractivity contribution in [1.82, 2.24) is 20.2 Å². The summed E-state index contributed by atoms with van der Waals surface area (Å²) in [6.45, 7) is 1.68. The molecule has 0 aliphatic carbocycles. The Bertz CT molecular complexity index is 1610. The number of tetrazole rings is 1. The number of nitrogens with one attached hydrogen (secondary N) is 2. The Morgan fingerprint density at radius 3 is 2.44 bits per heavy atom. The van der Waals surface area contributed by atoms with E-state index in [9.17, 15) is 14.4 Å². The van der Waals surface area contributed by atoms with Crippen molar-refractivity contribution >= 4 is 40.1 Å². The molecule has 5 aromatic rings. The highest BCUT2D eigenvalue weighted by atomic mass is 16.5. The van der Waals surface area contributed by atoms with Crippen molar-refractivity contribution in [3.05, 3.63) is 90.4 Å². The maximum atomic E-state index is 13.1. The number of anilines is 2. The number of amides is 2. The third kappa shape index (κ3) is 5.74. The van der Waals surface area contributed by atoms with Gasteiger partial charge < -0.3 is 24.5 Å². The molecule has 2 heterocycles. The van der Waals surface area contributed by atoms with Gasteiger partial charge in [-0.25, -0.2) is 9.48 Å². The normalized spacial score (nSPS) is 10.7. The number of ether oxygens (including phenoxy) is 2. The molecule has 5 rings (SSSR count). The molecule has 0 saturated carbocycles. The first kappa shape index (κ1) is 25.1. The minimum Gasteiger partial charge on any atom is -0.484 e. The predicted octanol–water partition coefficient (Wildman–Crippen LogP) is 3.86. The molecule has 2 N–H and O–H groups in total. The quantitative estimate of drug-likeness (QED) is 0.273. The second-order valence-corrected chi connectivity index (χ2v) is 8.14. The number of furan rings is 1. The van der Waals surface area contributed by atoms with Crippen LogP contribution >= 0.6 is 0 Å². The van der Waals surface area contributed by atoms with E-state index in [0.717, 1.165) is 5.69 Å². The molecule has 12 nitrogen and oxygen atoms in total. The van der Waals surface area contributed by atoms with E-state index >= 15 is 0 Å². The van der Waals surface area contributed by atoms with E-state index in [2.05, 4.69) is 26.2 Å². The van der Waals surface area contributed by atoms with Gasteiger partial charge in [-0.15, -0.1) is 5.10 Å². The molecule has 2 aromatic heterocycles. The summed E-state index contributed by atoms with van der Waals surface area (Å²) < 4.78 is 17.8. The van der Waals surface area contributed by atoms with Gasteiger partial charge in [0, 0.05) is 11.1 Å². The molecule has 0 radical (unpaired) electrons. The van der Waals surface area contributed by atoms with Crippen LogP contribution in [0.15, 0.2) is 83.5 Å². The molecule has 3 aromatic carbocycles. The fraction of sp³-hybridized carbons (Fsp3) is 0.111. The van der Waals surface area contributed by atoms with Crippen molar-refractivity contribution < 1.29 is 28.3 Å². The zero-order chi connectivity index (χ0) is 27.2. The van der Waals surface area contributed by atoms with Crippen molar-refractivity contribution in [2.45, 2.75) is 6.92 Å². The summed E-state index contributed by atoms with van der Waals surface area (Å²) in [5.41, 5.74) is 2.16. The summed E-state index contributed by atoms with van der Waals surface area (Å²) in [6, 6.07) is 20.0. The monoisotopic (exact) mass is 526 g/mol. The van der Waals surface area contributed by atoms with Crippen LogP contribution in [0.4, 0.5) is 11.4 Å². The van der Waals surface area contributed by atoms with Crippen LogP contribution in [0, 0.1) is 0 Å². The first-order valence-electron chi connectivity index (χ1n) is 11.9. The number of benzene rings is 3. The second kappa shape index (κ2) is 11.3. The maximum Gasteiger partial charge on any atom is 0.338 e. The Kier molecular flexibility index (Phi) is 7.26. The van der Waals surface area contributed by atoms with Crippen LogP contribution in [0.25, 0.3) is 16.7 Å². The number of carbonyl (C=O) groups excluding carboxylic acids is 3. The van der Waals surface area contributed by atoms with E-state index in [4.69, 9.17) is 13.9 Å². The molecule has 0 aliphatic heterocycles. The van der Waals surface area contributed by atoms with E-state index in [1.165, 1.54) is 11.0 Å². The van der Waals surface area contributed by atoms with Gasteiger partial charge in [-0.1, -0.05) is 12.1 Å². The number of rotatable bonds is 9. The summed E-state index contributed by atoms with van der Waals surface area (Å²) in [4.78, 5) is 37.8. The summed E-state index contributed by atoms with van der Waals surface area (Å²) in [6.07, 6.45) is 1.46. The average Bonchev–Trinajstić information content (AvgIpc) is 3.62. The average molecular weight is 527 g/mol. The number of aromatic nitrogens is 4. The summed E-state index contributed by atoms with van der Waals surface area (Å²) in [7, 11) is 0. The van der Waals surface area contributed by atoms with E-state index in [1.54, 1.807) is 79.7 Å². The number of esters is 1. The Balaban J connectivity index is 1.28. The number of nitrogens with zero attached hydrogens (tertiary/aromatic N) is 4. The molecule has 2 amide bonds. The fourth-order valence-corrected chi connectivity index (χ4v) is 3.72. The van der Waals surface area contributed by atoms with Crippen LogP contribution in [0.3, 0.4) is 0 Å². The molecule has 0 saturated heterocycles. The van der Waals surface area contributed by atoms with Crippen molar-refractivity contribution in [3.63, 3.8) is 0 Å². The SMILES string of the molecule is CCOC(=O)c1ccc(NC(=O)c2oc3ccccc3c2NC(=O)COc2ccc(-n3cnnn3)cc2)cc1. The highest BCUT2D eigenvalue weighted by Gasteiger charge is 2.23. The van der Waals surface area contributed by atoms with Gasteiger partial charge in [0.1, 0.15) is 23.3 Å². The van der Waals surface area contributed by atoms with Gasteiger partial charge >= 0.3 is 5.97 Å². The zero-order valence-electron chi connectivity index (χ0n) is 20.7. The minimum absolute atomic E-state index is 0.0789. The number of hydrogen-bond acceptors (Lipinski definition) is 9. The van der Waals surface area contributed by atoms with Crippen molar-refractivity contribution in [1.29, 1.82) is 0 Å². The van der Waals surface area contributed by atoms with Gasteiger partial charge in [0.05, 0.1) is 17.9 Å². The molecule has 0 bridgehead atoms. The second-order valence-electron chi connectivity index (χ2n) is 8.14. The molecular formula is C27H22N6O6. The number of fused-ring (bicyclic) bond motifs is 1. The Morgan fingerprint density at radius 1 is 0.949 bits per heavy atom. The third-order valence-electron chi connectivity index (χ3n) is 5.54. The highest BCUT2D eigenvalue weighted by molar-refractivity contribution is 6.14. The molecule has 0 atom stereocenters. The van der Waals surface area contributed by atoms with Crippen LogP contribution < -0.4 is 15.4 Å². The number of para-hydroxylation sites is 1. The molecule has 0 fully saturated rings. The van der Waals surface area contributed by atoms with Crippen LogP contribution in [-0.2, 0) is 9.53 Å². The molecule has 12 heteroatoms. The van der Waals surface area contributed by atoms with Crippen molar-refractivity contribution in [2.24, 2.45) is 0 Å². The first-order chi connectivity index (χ1) is 19.0. The van der Waals surface area contributed by atoms with Gasteiger partial charge in [-0.3, -0.25) is 9.59 Å². The lowest BCUT2D eigenvalue weighted by molar-refractivity contribution is -0.118. The lowest BCUT2D eigenvalue weighted by Gasteiger charge is -2.09. The summed E-state index contributed by atoms with van der Waals surface area (Å²) in [5, 5.41) is 17.0. The van der Waals surface area contributed by atoms with Crippen molar-refractivity contribution in [2.75, 3.05) is 23.8 Å². The third-order valence-corrected chi connectivity index (χ3v) is 5.54. The standard InChI is InChI=1S/C27H22N6O6/c1-2-37-27(36)17-7-9-18(10-8-17)29-26(35)25-24(21-5-3-4-6-22(21)39-25)30-23(34)15-38-20-13-11-19(12-14-20)33-16-28-31-32-33/h3-14,16H,2,15H2,1H3,(H,29,35)(H,30,34). The molecule has 0 spiro atoms. The van der Waals surface area contributed by atoms with Gasteiger partial charge in [-0.2, -0.15) is 0 Å². The smallest absolute Gasteiger partial charge is 0.338 e. The molecule has 196 valence electrons. The maximum absolute atomic E-state index is 13.1. The van der Waals surface area contributed by atoms with Gasteiger partial charge in [0.15, 0.2) is 6.61 Å². The van der Waals surface area contributed by atoms with Gasteiger partial charge in [-0.05, 0) is 78.0 Å². The first-order valence-corrected chi connectivity index (χ1v) is 11.9. The Hall–Kier alpha value is -5.52. The van der Waals surface area contributed by atoms with Crippen LogP contribution in [0.5, 0.6) is 5.75 Å². The number of hydrogen-bond donors (Lipinski definition) is 2. The molecular weight excluding hydrogens is 504 g/mol. The van der Waals surface area contributed by atoms with Gasteiger partial charge in [0.2, 0.25) is 5.76 Å². The molecule has 0 aliphatic rings. The van der Waals surface area contributed by atoms with E-state index in [0.29, 0.717) is 28.0 Å². The zero-order valence-corrected chi connectivity index (χ0v) is 20.7. The Labute approximate surface area is 221 Å². The van der Waals surface area contributed by atoms with E-state index in [-0.39, 0.29) is 24.7 Å². The van der Waals surface area contributed by atoms with Crippen molar-refractivity contribution in [3.8, 4) is 11.4 Å². The van der Waals surface area contributed by atoms with Crippen LogP contribution in [-0.4, -0.2) is 51.2 Å². The van der Waals surface area contributed by atoms with E-state index < -0.39 is 17.8 Å². The fourth-order valence-electron chi connectivity index (χ4n) is 3.72. The number of carbonyl (C=O) groups is 3.